The Bertz CT molecular complexity index is 590. The highest BCUT2D eigenvalue weighted by Gasteiger charge is 2.21. The van der Waals surface area contributed by atoms with Gasteiger partial charge in [0.15, 0.2) is 0 Å². The third-order valence-corrected chi connectivity index (χ3v) is 2.39. The summed E-state index contributed by atoms with van der Waals surface area (Å²) in [6, 6.07) is 6.98. The van der Waals surface area contributed by atoms with Crippen LogP contribution in [0.2, 0.25) is 0 Å². The van der Waals surface area contributed by atoms with Crippen LogP contribution < -0.4 is 9.47 Å². The van der Waals surface area contributed by atoms with Gasteiger partial charge in [0.2, 0.25) is 11.6 Å². The average Bonchev–Trinajstić information content (AvgIpc) is 2.83. The zero-order valence-electron chi connectivity index (χ0n) is 10.5. The molecule has 1 N–H and O–H groups in total. The van der Waals surface area contributed by atoms with Crippen LogP contribution in [0.15, 0.2) is 28.7 Å². The standard InChI is InChI=1S/C13H13NO5/c1-3-18-13-10(12(15)16)14-11(19-13)8-5-4-6-9(7-8)17-2/h4-7H,3H2,1-2H3,(H,15,16). The first-order valence-corrected chi connectivity index (χ1v) is 5.67. The molecule has 6 nitrogen and oxygen atoms in total. The number of carboxylic acids is 1. The Balaban J connectivity index is 2.44. The van der Waals surface area contributed by atoms with Crippen LogP contribution in [0, 0.1) is 0 Å². The lowest BCUT2D eigenvalue weighted by Gasteiger charge is -2.00. The van der Waals surface area contributed by atoms with Crippen molar-refractivity contribution in [2.45, 2.75) is 6.92 Å². The number of carbonyl (C=O) groups is 1. The van der Waals surface area contributed by atoms with Crippen molar-refractivity contribution in [1.82, 2.24) is 4.98 Å². The smallest absolute Gasteiger partial charge is 0.362 e. The summed E-state index contributed by atoms with van der Waals surface area (Å²) in [6.45, 7) is 2.03. The molecule has 2 rings (SSSR count). The van der Waals surface area contributed by atoms with Crippen LogP contribution in [0.5, 0.6) is 11.7 Å². The van der Waals surface area contributed by atoms with Gasteiger partial charge in [-0.2, -0.15) is 4.98 Å². The molecule has 1 aromatic carbocycles. The van der Waals surface area contributed by atoms with Gasteiger partial charge in [-0.15, -0.1) is 0 Å². The van der Waals surface area contributed by atoms with Crippen molar-refractivity contribution in [2.75, 3.05) is 13.7 Å². The molecule has 0 saturated carbocycles. The summed E-state index contributed by atoms with van der Waals surface area (Å²) in [7, 11) is 1.54. The van der Waals surface area contributed by atoms with E-state index in [0.29, 0.717) is 17.9 Å². The fourth-order valence-electron chi connectivity index (χ4n) is 1.55. The summed E-state index contributed by atoms with van der Waals surface area (Å²) < 4.78 is 15.5. The molecule has 1 aromatic heterocycles. The van der Waals surface area contributed by atoms with Crippen LogP contribution in [0.25, 0.3) is 11.5 Å². The lowest BCUT2D eigenvalue weighted by molar-refractivity contribution is 0.0683. The highest BCUT2D eigenvalue weighted by atomic mass is 16.6. The first kappa shape index (κ1) is 12.9. The van der Waals surface area contributed by atoms with E-state index in [9.17, 15) is 4.79 Å². The van der Waals surface area contributed by atoms with Gasteiger partial charge in [-0.05, 0) is 25.1 Å². The number of methoxy groups -OCH3 is 1. The summed E-state index contributed by atoms with van der Waals surface area (Å²) in [5.41, 5.74) is 0.382. The number of hydrogen-bond acceptors (Lipinski definition) is 5. The number of hydrogen-bond donors (Lipinski definition) is 1. The number of nitrogens with zero attached hydrogens (tertiary/aromatic N) is 1. The fraction of sp³-hybridized carbons (Fsp3) is 0.231. The quantitative estimate of drug-likeness (QED) is 0.892. The molecule has 0 aliphatic heterocycles. The lowest BCUT2D eigenvalue weighted by atomic mass is 10.2. The van der Waals surface area contributed by atoms with Crippen LogP contribution in [0.1, 0.15) is 17.4 Å². The second kappa shape index (κ2) is 5.43. The summed E-state index contributed by atoms with van der Waals surface area (Å²) in [6.07, 6.45) is 0. The fourth-order valence-corrected chi connectivity index (χ4v) is 1.55. The van der Waals surface area contributed by atoms with Crippen molar-refractivity contribution in [1.29, 1.82) is 0 Å². The van der Waals surface area contributed by atoms with Gasteiger partial charge in [0.25, 0.3) is 0 Å². The van der Waals surface area contributed by atoms with Gasteiger partial charge in [-0.25, -0.2) is 4.79 Å². The Morgan fingerprint density at radius 3 is 2.89 bits per heavy atom. The molecule has 0 bridgehead atoms. The number of aromatic nitrogens is 1. The number of benzene rings is 1. The lowest BCUT2D eigenvalue weighted by Crippen LogP contribution is -2.01. The molecule has 0 unspecified atom stereocenters. The Labute approximate surface area is 109 Å². The molecule has 0 radical (unpaired) electrons. The minimum Gasteiger partial charge on any atom is -0.497 e. The first-order chi connectivity index (χ1) is 9.15. The van der Waals surface area contributed by atoms with Gasteiger partial charge in [-0.3, -0.25) is 0 Å². The van der Waals surface area contributed by atoms with E-state index in [4.69, 9.17) is 19.0 Å². The predicted molar refractivity (Wildman–Crippen MR) is 66.6 cm³/mol. The molecular formula is C13H13NO5. The van der Waals surface area contributed by atoms with Crippen molar-refractivity contribution in [3.8, 4) is 23.1 Å². The molecule has 6 heteroatoms. The molecule has 0 aliphatic rings. The van der Waals surface area contributed by atoms with Crippen molar-refractivity contribution in [3.05, 3.63) is 30.0 Å². The maximum absolute atomic E-state index is 11.0. The van der Waals surface area contributed by atoms with Crippen LogP contribution in [0.4, 0.5) is 0 Å². The second-order valence-corrected chi connectivity index (χ2v) is 3.63. The van der Waals surface area contributed by atoms with E-state index in [0.717, 1.165) is 0 Å². The number of aromatic carboxylic acids is 1. The molecule has 0 fully saturated rings. The van der Waals surface area contributed by atoms with E-state index in [1.54, 1.807) is 38.3 Å². The van der Waals surface area contributed by atoms with Gasteiger partial charge in [0.05, 0.1) is 13.7 Å². The molecular weight excluding hydrogens is 250 g/mol. The van der Waals surface area contributed by atoms with E-state index in [1.165, 1.54) is 0 Å². The maximum atomic E-state index is 11.0. The van der Waals surface area contributed by atoms with E-state index in [-0.39, 0.29) is 17.5 Å². The predicted octanol–water partition coefficient (Wildman–Crippen LogP) is 2.45. The van der Waals surface area contributed by atoms with Gasteiger partial charge in [0, 0.05) is 5.56 Å². The monoisotopic (exact) mass is 263 g/mol. The van der Waals surface area contributed by atoms with Gasteiger partial charge in [0.1, 0.15) is 5.75 Å². The molecule has 0 atom stereocenters. The van der Waals surface area contributed by atoms with Crippen LogP contribution in [0.3, 0.4) is 0 Å². The number of ether oxygens (including phenoxy) is 2. The summed E-state index contributed by atoms with van der Waals surface area (Å²) in [5, 5.41) is 9.03. The Kier molecular flexibility index (Phi) is 3.70. The van der Waals surface area contributed by atoms with Crippen molar-refractivity contribution < 1.29 is 23.8 Å². The Morgan fingerprint density at radius 2 is 2.26 bits per heavy atom. The van der Waals surface area contributed by atoms with Crippen LogP contribution >= 0.6 is 0 Å². The second-order valence-electron chi connectivity index (χ2n) is 3.63. The number of carboxylic acid groups (broad SMARTS) is 1. The molecule has 19 heavy (non-hydrogen) atoms. The molecule has 0 amide bonds. The van der Waals surface area contributed by atoms with E-state index in [1.807, 2.05) is 0 Å². The third kappa shape index (κ3) is 2.67. The summed E-state index contributed by atoms with van der Waals surface area (Å²) in [5.74, 6) is -0.473. The minimum absolute atomic E-state index is 0.0900. The number of rotatable bonds is 5. The maximum Gasteiger partial charge on any atom is 0.362 e. The summed E-state index contributed by atoms with van der Waals surface area (Å²) >= 11 is 0. The topological polar surface area (TPSA) is 81.8 Å². The molecule has 1 heterocycles. The zero-order chi connectivity index (χ0) is 13.8. The number of oxazole rings is 1. The van der Waals surface area contributed by atoms with Crippen LogP contribution in [-0.2, 0) is 0 Å². The Morgan fingerprint density at radius 1 is 1.47 bits per heavy atom. The normalized spacial score (nSPS) is 10.2. The van der Waals surface area contributed by atoms with Crippen molar-refractivity contribution >= 4 is 5.97 Å². The largest absolute Gasteiger partial charge is 0.497 e. The average molecular weight is 263 g/mol. The van der Waals surface area contributed by atoms with E-state index >= 15 is 0 Å². The highest BCUT2D eigenvalue weighted by molar-refractivity contribution is 5.88. The third-order valence-electron chi connectivity index (χ3n) is 2.39. The summed E-state index contributed by atoms with van der Waals surface area (Å²) in [4.78, 5) is 15.0. The van der Waals surface area contributed by atoms with E-state index < -0.39 is 5.97 Å². The van der Waals surface area contributed by atoms with E-state index in [2.05, 4.69) is 4.98 Å². The molecule has 0 aliphatic carbocycles. The van der Waals surface area contributed by atoms with Crippen LogP contribution in [-0.4, -0.2) is 29.8 Å². The molecule has 2 aromatic rings. The molecule has 0 saturated heterocycles. The highest BCUT2D eigenvalue weighted by Crippen LogP contribution is 2.29. The first-order valence-electron chi connectivity index (χ1n) is 5.67. The molecule has 0 spiro atoms. The van der Waals surface area contributed by atoms with Crippen molar-refractivity contribution in [2.24, 2.45) is 0 Å². The van der Waals surface area contributed by atoms with Gasteiger partial charge < -0.3 is 19.0 Å². The molecule has 100 valence electrons. The minimum atomic E-state index is -1.19. The Hall–Kier alpha value is -2.50. The van der Waals surface area contributed by atoms with Gasteiger partial charge >= 0.3 is 11.9 Å². The van der Waals surface area contributed by atoms with Crippen molar-refractivity contribution in [3.63, 3.8) is 0 Å². The SMILES string of the molecule is CCOc1oc(-c2cccc(OC)c2)nc1C(=O)O. The zero-order valence-corrected chi connectivity index (χ0v) is 10.5. The van der Waals surface area contributed by atoms with Gasteiger partial charge in [-0.1, -0.05) is 6.07 Å².